The van der Waals surface area contributed by atoms with Crippen molar-refractivity contribution in [3.05, 3.63) is 47.2 Å². The van der Waals surface area contributed by atoms with Gasteiger partial charge >= 0.3 is 0 Å². The molecule has 1 rings (SSSR count). The molecule has 96 valence electrons. The monoisotopic (exact) mass is 272 g/mol. The number of hydrogen-bond acceptors (Lipinski definition) is 2. The van der Waals surface area contributed by atoms with Gasteiger partial charge in [-0.2, -0.15) is 0 Å². The van der Waals surface area contributed by atoms with Crippen molar-refractivity contribution in [1.29, 1.82) is 0 Å². The van der Waals surface area contributed by atoms with Crippen LogP contribution in [0.25, 0.3) is 11.6 Å². The number of hydrogen-bond donors (Lipinski definition) is 1. The van der Waals surface area contributed by atoms with E-state index in [0.717, 1.165) is 17.8 Å². The van der Waals surface area contributed by atoms with Crippen LogP contribution in [0.15, 0.2) is 23.5 Å². The van der Waals surface area contributed by atoms with Crippen LogP contribution >= 0.6 is 11.8 Å². The Morgan fingerprint density at radius 1 is 1.28 bits per heavy atom. The van der Waals surface area contributed by atoms with E-state index in [9.17, 15) is 13.2 Å². The molecule has 0 saturated carbocycles. The lowest BCUT2D eigenvalue weighted by Crippen LogP contribution is -2.03. The van der Waals surface area contributed by atoms with Crippen molar-refractivity contribution >= 4 is 23.4 Å². The predicted octanol–water partition coefficient (Wildman–Crippen LogP) is 4.54. The molecule has 1 N–H and O–H groups in total. The van der Waals surface area contributed by atoms with Gasteiger partial charge in [-0.15, -0.1) is 11.8 Å². The summed E-state index contributed by atoms with van der Waals surface area (Å²) >= 11 is 0.896. The van der Waals surface area contributed by atoms with Crippen molar-refractivity contribution in [1.82, 2.24) is 0 Å². The number of benzene rings is 1. The molecule has 0 aliphatic rings. The Kier molecular flexibility index (Phi) is 4.70. The summed E-state index contributed by atoms with van der Waals surface area (Å²) in [6, 6.07) is 0. The van der Waals surface area contributed by atoms with Gasteiger partial charge in [-0.3, -0.25) is 0 Å². The SMILES string of the molecule is C=Cc1c(F)c(C(C)=C=CO)c(F)c(F)c1SC. The summed E-state index contributed by atoms with van der Waals surface area (Å²) in [4.78, 5) is -0.135. The van der Waals surface area contributed by atoms with Crippen molar-refractivity contribution < 1.29 is 18.3 Å². The fourth-order valence-corrected chi connectivity index (χ4v) is 2.20. The van der Waals surface area contributed by atoms with Crippen LogP contribution < -0.4 is 0 Å². The molecule has 18 heavy (non-hydrogen) atoms. The number of halogens is 3. The minimum atomic E-state index is -1.30. The van der Waals surface area contributed by atoms with E-state index < -0.39 is 23.0 Å². The van der Waals surface area contributed by atoms with Gasteiger partial charge in [-0.05, 0) is 13.2 Å². The summed E-state index contributed by atoms with van der Waals surface area (Å²) in [7, 11) is 0. The third kappa shape index (κ3) is 2.33. The standard InChI is InChI=1S/C13H11F3OS/c1-4-8-10(14)9(7(2)5-6-17)11(15)12(16)13(8)18-3/h4,6,17H,1H2,2-3H3. The maximum Gasteiger partial charge on any atom is 0.173 e. The fourth-order valence-electron chi connectivity index (χ4n) is 1.54. The number of thioether (sulfide) groups is 1. The Labute approximate surface area is 107 Å². The van der Waals surface area contributed by atoms with Gasteiger partial charge in [-0.1, -0.05) is 18.4 Å². The van der Waals surface area contributed by atoms with Crippen LogP contribution in [0.3, 0.4) is 0 Å². The molecule has 0 unspecified atom stereocenters. The maximum absolute atomic E-state index is 14.1. The molecule has 0 atom stereocenters. The molecule has 0 bridgehead atoms. The first-order chi connectivity index (χ1) is 8.49. The van der Waals surface area contributed by atoms with Gasteiger partial charge in [0.2, 0.25) is 0 Å². The van der Waals surface area contributed by atoms with Crippen LogP contribution in [0.1, 0.15) is 18.1 Å². The Hall–Kier alpha value is -1.58. The van der Waals surface area contributed by atoms with Crippen LogP contribution in [0, 0.1) is 17.5 Å². The third-order valence-electron chi connectivity index (χ3n) is 2.38. The van der Waals surface area contributed by atoms with Crippen LogP contribution in [-0.2, 0) is 0 Å². The van der Waals surface area contributed by atoms with E-state index in [1.165, 1.54) is 13.2 Å². The average Bonchev–Trinajstić information content (AvgIpc) is 2.34. The predicted molar refractivity (Wildman–Crippen MR) is 68.0 cm³/mol. The summed E-state index contributed by atoms with van der Waals surface area (Å²) in [5.41, 5.74) is 1.53. The number of rotatable bonds is 3. The molecule has 0 aromatic heterocycles. The zero-order valence-electron chi connectivity index (χ0n) is 9.85. The Morgan fingerprint density at radius 3 is 2.33 bits per heavy atom. The van der Waals surface area contributed by atoms with Gasteiger partial charge in [0.05, 0.1) is 10.5 Å². The lowest BCUT2D eigenvalue weighted by molar-refractivity contribution is 0.471. The first kappa shape index (κ1) is 14.5. The molecule has 5 heteroatoms. The fraction of sp³-hybridized carbons (Fsp3) is 0.154. The molecule has 1 nitrogen and oxygen atoms in total. The maximum atomic E-state index is 14.1. The minimum absolute atomic E-state index is 0.0397. The second-order valence-corrected chi connectivity index (χ2v) is 4.18. The van der Waals surface area contributed by atoms with E-state index in [-0.39, 0.29) is 16.0 Å². The van der Waals surface area contributed by atoms with E-state index >= 15 is 0 Å². The van der Waals surface area contributed by atoms with Crippen LogP contribution in [0.4, 0.5) is 13.2 Å². The van der Waals surface area contributed by atoms with E-state index in [0.29, 0.717) is 6.26 Å². The molecule has 0 amide bonds. The quantitative estimate of drug-likeness (QED) is 0.377. The second-order valence-electron chi connectivity index (χ2n) is 3.37. The van der Waals surface area contributed by atoms with E-state index in [2.05, 4.69) is 12.3 Å². The summed E-state index contributed by atoms with van der Waals surface area (Å²) in [6.45, 7) is 4.71. The molecular weight excluding hydrogens is 261 g/mol. The number of aliphatic hydroxyl groups is 1. The van der Waals surface area contributed by atoms with Crippen LogP contribution in [-0.4, -0.2) is 11.4 Å². The van der Waals surface area contributed by atoms with Crippen LogP contribution in [0.2, 0.25) is 0 Å². The van der Waals surface area contributed by atoms with E-state index in [1.54, 1.807) is 0 Å². The zero-order valence-corrected chi connectivity index (χ0v) is 10.7. The van der Waals surface area contributed by atoms with Crippen molar-refractivity contribution in [3.63, 3.8) is 0 Å². The number of aliphatic hydroxyl groups excluding tert-OH is 1. The second kappa shape index (κ2) is 5.85. The summed E-state index contributed by atoms with van der Waals surface area (Å²) in [6.07, 6.45) is 3.16. The average molecular weight is 272 g/mol. The van der Waals surface area contributed by atoms with Gasteiger partial charge in [0.15, 0.2) is 11.6 Å². The first-order valence-corrected chi connectivity index (χ1v) is 6.15. The highest BCUT2D eigenvalue weighted by atomic mass is 32.2. The van der Waals surface area contributed by atoms with Crippen LogP contribution in [0.5, 0.6) is 0 Å². The molecule has 0 aliphatic carbocycles. The molecule has 0 radical (unpaired) electrons. The normalized spacial score (nSPS) is 9.83. The molecule has 1 aromatic carbocycles. The number of allylic oxidation sites excluding steroid dienone is 1. The molecule has 0 aliphatic heterocycles. The summed E-state index contributed by atoms with van der Waals surface area (Å²) < 4.78 is 41.6. The lowest BCUT2D eigenvalue weighted by atomic mass is 10.0. The smallest absolute Gasteiger partial charge is 0.173 e. The van der Waals surface area contributed by atoms with E-state index in [4.69, 9.17) is 5.11 Å². The van der Waals surface area contributed by atoms with Gasteiger partial charge in [0.1, 0.15) is 12.1 Å². The van der Waals surface area contributed by atoms with E-state index in [1.807, 2.05) is 0 Å². The summed E-state index contributed by atoms with van der Waals surface area (Å²) in [5, 5.41) is 8.56. The Morgan fingerprint density at radius 2 is 1.89 bits per heavy atom. The largest absolute Gasteiger partial charge is 0.507 e. The van der Waals surface area contributed by atoms with Crippen molar-refractivity contribution in [2.75, 3.05) is 6.26 Å². The molecule has 0 fully saturated rings. The molecule has 0 spiro atoms. The van der Waals surface area contributed by atoms with Gasteiger partial charge in [0, 0.05) is 11.1 Å². The molecular formula is C13H11F3OS. The highest BCUT2D eigenvalue weighted by Crippen LogP contribution is 2.34. The topological polar surface area (TPSA) is 20.2 Å². The third-order valence-corrected chi connectivity index (χ3v) is 3.18. The minimum Gasteiger partial charge on any atom is -0.507 e. The highest BCUT2D eigenvalue weighted by molar-refractivity contribution is 7.98. The Balaban J connectivity index is 3.81. The summed E-state index contributed by atoms with van der Waals surface area (Å²) in [5.74, 6) is -3.35. The lowest BCUT2D eigenvalue weighted by Gasteiger charge is -2.12. The molecule has 0 heterocycles. The molecule has 0 saturated heterocycles. The first-order valence-electron chi connectivity index (χ1n) is 4.92. The van der Waals surface area contributed by atoms with Crippen molar-refractivity contribution in [2.45, 2.75) is 11.8 Å². The van der Waals surface area contributed by atoms with Crippen molar-refractivity contribution in [2.24, 2.45) is 0 Å². The zero-order chi connectivity index (χ0) is 13.9. The van der Waals surface area contributed by atoms with Gasteiger partial charge in [0.25, 0.3) is 0 Å². The molecule has 1 aromatic rings. The Bertz CT molecular complexity index is 558. The van der Waals surface area contributed by atoms with Gasteiger partial charge < -0.3 is 5.11 Å². The highest BCUT2D eigenvalue weighted by Gasteiger charge is 2.23. The van der Waals surface area contributed by atoms with Crippen molar-refractivity contribution in [3.8, 4) is 0 Å². The van der Waals surface area contributed by atoms with Gasteiger partial charge in [-0.25, -0.2) is 13.2 Å².